The maximum atomic E-state index is 12.8. The molecule has 0 spiro atoms. The van der Waals surface area contributed by atoms with Gasteiger partial charge in [0.1, 0.15) is 5.69 Å². The van der Waals surface area contributed by atoms with Gasteiger partial charge in [-0.3, -0.25) is 14.6 Å². The first-order chi connectivity index (χ1) is 12.6. The van der Waals surface area contributed by atoms with Crippen molar-refractivity contribution in [3.63, 3.8) is 0 Å². The molecule has 0 unspecified atom stereocenters. The Morgan fingerprint density at radius 3 is 2.15 bits per heavy atom. The summed E-state index contributed by atoms with van der Waals surface area (Å²) in [5, 5.41) is 0. The Kier molecular flexibility index (Phi) is 5.61. The molecular weight excluding hydrogens is 328 g/mol. The molecule has 2 aromatic rings. The maximum absolute atomic E-state index is 12.8. The first-order valence-electron chi connectivity index (χ1n) is 9.01. The molecule has 1 aliphatic rings. The molecule has 136 valence electrons. The van der Waals surface area contributed by atoms with Crippen LogP contribution < -0.4 is 0 Å². The van der Waals surface area contributed by atoms with Gasteiger partial charge in [0.25, 0.3) is 11.8 Å². The third-order valence-electron chi connectivity index (χ3n) is 4.68. The number of hydrogen-bond donors (Lipinski definition) is 0. The molecule has 1 aromatic carbocycles. The van der Waals surface area contributed by atoms with E-state index in [1.54, 1.807) is 11.1 Å². The summed E-state index contributed by atoms with van der Waals surface area (Å²) in [5.74, 6) is 0.334. The molecule has 6 nitrogen and oxygen atoms in total. The van der Waals surface area contributed by atoms with Gasteiger partial charge < -0.3 is 9.80 Å². The highest BCUT2D eigenvalue weighted by atomic mass is 16.2. The predicted molar refractivity (Wildman–Crippen MR) is 99.0 cm³/mol. The van der Waals surface area contributed by atoms with E-state index < -0.39 is 0 Å². The van der Waals surface area contributed by atoms with Gasteiger partial charge in [0.05, 0.1) is 6.20 Å². The molecule has 3 rings (SSSR count). The lowest BCUT2D eigenvalue weighted by Crippen LogP contribution is -2.37. The Morgan fingerprint density at radius 1 is 0.923 bits per heavy atom. The molecule has 0 N–H and O–H groups in total. The Morgan fingerprint density at radius 2 is 1.58 bits per heavy atom. The molecule has 6 heteroatoms. The third-order valence-corrected chi connectivity index (χ3v) is 4.68. The van der Waals surface area contributed by atoms with Gasteiger partial charge >= 0.3 is 0 Å². The Bertz CT molecular complexity index is 759. The molecule has 1 fully saturated rings. The van der Waals surface area contributed by atoms with Crippen LogP contribution in [0.2, 0.25) is 0 Å². The minimum absolute atomic E-state index is 0.0223. The zero-order valence-corrected chi connectivity index (χ0v) is 15.3. The highest BCUT2D eigenvalue weighted by Gasteiger charge is 2.24. The van der Waals surface area contributed by atoms with Crippen molar-refractivity contribution in [3.8, 4) is 0 Å². The smallest absolute Gasteiger partial charge is 0.274 e. The van der Waals surface area contributed by atoms with E-state index in [2.05, 4.69) is 23.8 Å². The first-order valence-corrected chi connectivity index (χ1v) is 9.01. The van der Waals surface area contributed by atoms with E-state index in [1.807, 2.05) is 29.2 Å². The fourth-order valence-corrected chi connectivity index (χ4v) is 3.09. The molecule has 0 saturated carbocycles. The summed E-state index contributed by atoms with van der Waals surface area (Å²) in [4.78, 5) is 36.9. The standard InChI is InChI=1S/C20H24N4O2/c1-15(2)16-4-6-17(7-5-16)19(25)23-10-3-11-24(13-12-23)20(26)18-14-21-8-9-22-18/h4-9,14-15H,3,10-13H2,1-2H3. The minimum atomic E-state index is -0.131. The fraction of sp³-hybridized carbons (Fsp3) is 0.400. The first kappa shape index (κ1) is 18.0. The molecule has 1 aliphatic heterocycles. The van der Waals surface area contributed by atoms with Gasteiger partial charge in [0.15, 0.2) is 0 Å². The highest BCUT2D eigenvalue weighted by molar-refractivity contribution is 5.94. The van der Waals surface area contributed by atoms with Crippen LogP contribution in [-0.4, -0.2) is 57.8 Å². The Hall–Kier alpha value is -2.76. The lowest BCUT2D eigenvalue weighted by atomic mass is 10.0. The van der Waals surface area contributed by atoms with Gasteiger partial charge in [-0.2, -0.15) is 0 Å². The number of benzene rings is 1. The van der Waals surface area contributed by atoms with E-state index in [1.165, 1.54) is 18.0 Å². The predicted octanol–water partition coefficient (Wildman–Crippen LogP) is 2.59. The quantitative estimate of drug-likeness (QED) is 0.852. The van der Waals surface area contributed by atoms with E-state index in [4.69, 9.17) is 0 Å². The zero-order chi connectivity index (χ0) is 18.5. The van der Waals surface area contributed by atoms with Crippen molar-refractivity contribution in [2.24, 2.45) is 0 Å². The van der Waals surface area contributed by atoms with Crippen LogP contribution in [0.3, 0.4) is 0 Å². The lowest BCUT2D eigenvalue weighted by molar-refractivity contribution is 0.0715. The molecule has 2 amide bonds. The number of rotatable bonds is 3. The Balaban J connectivity index is 1.64. The van der Waals surface area contributed by atoms with Gasteiger partial charge in [0.2, 0.25) is 0 Å². The monoisotopic (exact) mass is 352 g/mol. The molecule has 0 atom stereocenters. The number of amides is 2. The van der Waals surface area contributed by atoms with Crippen molar-refractivity contribution in [1.82, 2.24) is 19.8 Å². The van der Waals surface area contributed by atoms with Crippen molar-refractivity contribution in [2.45, 2.75) is 26.2 Å². The van der Waals surface area contributed by atoms with E-state index in [-0.39, 0.29) is 11.8 Å². The van der Waals surface area contributed by atoms with Crippen molar-refractivity contribution in [3.05, 3.63) is 59.7 Å². The molecule has 0 bridgehead atoms. The van der Waals surface area contributed by atoms with Gasteiger partial charge in [0, 0.05) is 44.1 Å². The number of carbonyl (C=O) groups is 2. The summed E-state index contributed by atoms with van der Waals surface area (Å²) in [7, 11) is 0. The SMILES string of the molecule is CC(C)c1ccc(C(=O)N2CCCN(C(=O)c3cnccn3)CC2)cc1. The second kappa shape index (κ2) is 8.08. The molecule has 0 aliphatic carbocycles. The molecule has 26 heavy (non-hydrogen) atoms. The maximum Gasteiger partial charge on any atom is 0.274 e. The van der Waals surface area contributed by atoms with E-state index in [9.17, 15) is 9.59 Å². The number of carbonyl (C=O) groups excluding carboxylic acids is 2. The average Bonchev–Trinajstić information content (AvgIpc) is 2.94. The summed E-state index contributed by atoms with van der Waals surface area (Å²) in [5.41, 5.74) is 2.26. The van der Waals surface area contributed by atoms with E-state index >= 15 is 0 Å². The number of aromatic nitrogens is 2. The normalized spacial score (nSPS) is 15.0. The summed E-state index contributed by atoms with van der Waals surface area (Å²) in [6, 6.07) is 7.81. The molecule has 2 heterocycles. The van der Waals surface area contributed by atoms with Crippen LogP contribution in [0, 0.1) is 0 Å². The van der Waals surface area contributed by atoms with Crippen LogP contribution in [0.1, 0.15) is 52.6 Å². The average molecular weight is 352 g/mol. The zero-order valence-electron chi connectivity index (χ0n) is 15.3. The largest absolute Gasteiger partial charge is 0.337 e. The molecule has 1 aromatic heterocycles. The van der Waals surface area contributed by atoms with Crippen LogP contribution in [0.15, 0.2) is 42.9 Å². The van der Waals surface area contributed by atoms with Crippen LogP contribution in [0.25, 0.3) is 0 Å². The van der Waals surface area contributed by atoms with Crippen molar-refractivity contribution < 1.29 is 9.59 Å². The van der Waals surface area contributed by atoms with E-state index in [0.29, 0.717) is 43.4 Å². The van der Waals surface area contributed by atoms with Crippen LogP contribution in [-0.2, 0) is 0 Å². The van der Waals surface area contributed by atoms with Crippen LogP contribution >= 0.6 is 0 Å². The van der Waals surface area contributed by atoms with Crippen molar-refractivity contribution >= 4 is 11.8 Å². The highest BCUT2D eigenvalue weighted by Crippen LogP contribution is 2.16. The van der Waals surface area contributed by atoms with Crippen molar-refractivity contribution in [2.75, 3.05) is 26.2 Å². The van der Waals surface area contributed by atoms with Gasteiger partial charge in [-0.1, -0.05) is 26.0 Å². The summed E-state index contributed by atoms with van der Waals surface area (Å²) in [6.45, 7) is 6.56. The molecular formula is C20H24N4O2. The number of nitrogens with zero attached hydrogens (tertiary/aromatic N) is 4. The van der Waals surface area contributed by atoms with E-state index in [0.717, 1.165) is 6.42 Å². The third kappa shape index (κ3) is 4.07. The van der Waals surface area contributed by atoms with Crippen LogP contribution in [0.4, 0.5) is 0 Å². The van der Waals surface area contributed by atoms with Gasteiger partial charge in [-0.25, -0.2) is 4.98 Å². The molecule has 1 saturated heterocycles. The summed E-state index contributed by atoms with van der Waals surface area (Å²) >= 11 is 0. The summed E-state index contributed by atoms with van der Waals surface area (Å²) < 4.78 is 0. The topological polar surface area (TPSA) is 66.4 Å². The second-order valence-corrected chi connectivity index (χ2v) is 6.81. The number of hydrogen-bond acceptors (Lipinski definition) is 4. The Labute approximate surface area is 153 Å². The van der Waals surface area contributed by atoms with Crippen molar-refractivity contribution in [1.29, 1.82) is 0 Å². The van der Waals surface area contributed by atoms with Gasteiger partial charge in [-0.05, 0) is 30.0 Å². The van der Waals surface area contributed by atoms with Gasteiger partial charge in [-0.15, -0.1) is 0 Å². The molecule has 0 radical (unpaired) electrons. The van der Waals surface area contributed by atoms with Crippen LogP contribution in [0.5, 0.6) is 0 Å². The summed E-state index contributed by atoms with van der Waals surface area (Å²) in [6.07, 6.45) is 5.29. The minimum Gasteiger partial charge on any atom is -0.337 e. The lowest BCUT2D eigenvalue weighted by Gasteiger charge is -2.22. The second-order valence-electron chi connectivity index (χ2n) is 6.81. The fourth-order valence-electron chi connectivity index (χ4n) is 3.09.